The van der Waals surface area contributed by atoms with Gasteiger partial charge < -0.3 is 25.4 Å². The fourth-order valence-electron chi connectivity index (χ4n) is 3.67. The molecule has 0 fully saturated rings. The predicted octanol–water partition coefficient (Wildman–Crippen LogP) is 5.12. The first-order valence-corrected chi connectivity index (χ1v) is 12.1. The van der Waals surface area contributed by atoms with Crippen LogP contribution in [-0.4, -0.2) is 43.3 Å². The zero-order chi connectivity index (χ0) is 25.4. The maximum atomic E-state index is 13.4. The number of amides is 2. The number of rotatable bonds is 7. The zero-order valence-electron chi connectivity index (χ0n) is 18.2. The average molecular weight is 509 g/mol. The highest BCUT2D eigenvalue weighted by molar-refractivity contribution is 8.45. The minimum Gasteiger partial charge on any atom is -0.464 e. The number of carbonyl (C=O) groups excluding carboxylic acids is 2. The number of fused-ring (bicyclic) bond motifs is 1. The normalized spacial score (nSPS) is 19.4. The summed E-state index contributed by atoms with van der Waals surface area (Å²) in [6.45, 7) is 1.08. The Bertz CT molecular complexity index is 1110. The largest absolute Gasteiger partial charge is 0.464 e. The molecule has 13 heteroatoms. The van der Waals surface area contributed by atoms with Gasteiger partial charge in [-0.2, -0.15) is 0 Å². The highest BCUT2D eigenvalue weighted by Gasteiger charge is 2.65. The van der Waals surface area contributed by atoms with Crippen molar-refractivity contribution in [3.05, 3.63) is 53.6 Å². The molecule has 0 heterocycles. The van der Waals surface area contributed by atoms with Gasteiger partial charge in [0.05, 0.1) is 30.1 Å². The third kappa shape index (κ3) is 6.08. The molecule has 0 spiro atoms. The number of anilines is 2. The van der Waals surface area contributed by atoms with Crippen molar-refractivity contribution >= 4 is 33.6 Å². The van der Waals surface area contributed by atoms with Crippen LogP contribution in [-0.2, 0) is 16.0 Å². The van der Waals surface area contributed by atoms with E-state index in [-0.39, 0.29) is 37.4 Å². The van der Waals surface area contributed by atoms with Crippen LogP contribution >= 0.6 is 10.2 Å². The number of likely N-dealkylation sites (N-methyl/N-ethyl adjacent to an activating group) is 1. The van der Waals surface area contributed by atoms with E-state index in [4.69, 9.17) is 4.74 Å². The van der Waals surface area contributed by atoms with E-state index in [1.54, 1.807) is 24.3 Å². The van der Waals surface area contributed by atoms with Gasteiger partial charge in [0.2, 0.25) is 0 Å². The summed E-state index contributed by atoms with van der Waals surface area (Å²) in [4.78, 5) is 22.7. The molecular weight excluding hydrogens is 485 g/mol. The Balaban J connectivity index is 1.84. The van der Waals surface area contributed by atoms with Gasteiger partial charge in [-0.1, -0.05) is 43.7 Å². The highest BCUT2D eigenvalue weighted by atomic mass is 32.5. The molecule has 1 aliphatic rings. The number of aliphatic hydroxyl groups is 1. The van der Waals surface area contributed by atoms with Gasteiger partial charge in [0.25, 0.3) is 0 Å². The Hall–Kier alpha value is -3.06. The zero-order valence-corrected chi connectivity index (χ0v) is 19.1. The van der Waals surface area contributed by atoms with E-state index < -0.39 is 45.0 Å². The van der Waals surface area contributed by atoms with Crippen LogP contribution in [0.4, 0.5) is 35.6 Å². The molecule has 34 heavy (non-hydrogen) atoms. The lowest BCUT2D eigenvalue weighted by Gasteiger charge is -2.41. The number of hydrogen-bond acceptors (Lipinski definition) is 5. The summed E-state index contributed by atoms with van der Waals surface area (Å²) in [5.41, 5.74) is 0.873. The first-order valence-electron chi connectivity index (χ1n) is 10.1. The van der Waals surface area contributed by atoms with Crippen molar-refractivity contribution in [3.63, 3.8) is 0 Å². The van der Waals surface area contributed by atoms with E-state index in [1.165, 1.54) is 18.9 Å². The molecule has 2 amide bonds. The summed E-state index contributed by atoms with van der Waals surface area (Å²) in [6.07, 6.45) is -0.755. The summed E-state index contributed by atoms with van der Waals surface area (Å²) in [7, 11) is -8.59. The Morgan fingerprint density at radius 2 is 1.82 bits per heavy atom. The number of halogens is 5. The summed E-state index contributed by atoms with van der Waals surface area (Å²) < 4.78 is 71.7. The molecule has 0 saturated heterocycles. The van der Waals surface area contributed by atoms with Crippen LogP contribution in [0.1, 0.15) is 24.2 Å². The quantitative estimate of drug-likeness (QED) is 0.356. The van der Waals surface area contributed by atoms with Crippen molar-refractivity contribution in [1.82, 2.24) is 5.32 Å². The number of nitrogens with zero attached hydrogens (tertiary/aromatic N) is 1. The highest BCUT2D eigenvalue weighted by Crippen LogP contribution is 3.02. The molecule has 2 atom stereocenters. The van der Waals surface area contributed by atoms with Crippen LogP contribution in [0.5, 0.6) is 0 Å². The van der Waals surface area contributed by atoms with Crippen LogP contribution in [0.2, 0.25) is 0 Å². The maximum Gasteiger partial charge on any atom is 0.319 e. The second kappa shape index (κ2) is 8.31. The summed E-state index contributed by atoms with van der Waals surface area (Å²) >= 11 is 0. The van der Waals surface area contributed by atoms with Crippen molar-refractivity contribution in [1.29, 1.82) is 0 Å². The Labute approximate surface area is 192 Å². The molecule has 7 nitrogen and oxygen atoms in total. The number of aliphatic hydroxyl groups excluding tert-OH is 1. The van der Waals surface area contributed by atoms with E-state index in [9.17, 15) is 34.1 Å². The molecule has 0 saturated carbocycles. The molecule has 2 aromatic rings. The lowest BCUT2D eigenvalue weighted by molar-refractivity contribution is -0.140. The van der Waals surface area contributed by atoms with Crippen LogP contribution in [0, 0.1) is 0 Å². The van der Waals surface area contributed by atoms with Crippen LogP contribution < -0.4 is 15.5 Å². The monoisotopic (exact) mass is 509 g/mol. The van der Waals surface area contributed by atoms with Gasteiger partial charge in [-0.3, -0.25) is 4.79 Å². The molecule has 0 radical (unpaired) electrons. The van der Waals surface area contributed by atoms with E-state index in [0.29, 0.717) is 5.56 Å². The van der Waals surface area contributed by atoms with Gasteiger partial charge in [-0.05, 0) is 35.7 Å². The van der Waals surface area contributed by atoms with Crippen LogP contribution in [0.25, 0.3) is 0 Å². The number of esters is 1. The minimum absolute atomic E-state index is 0.0110. The molecule has 188 valence electrons. The number of carbonyl (C=O) groups is 2. The Morgan fingerprint density at radius 1 is 1.15 bits per heavy atom. The average Bonchev–Trinajstić information content (AvgIpc) is 3.01. The molecular formula is C21H24F5N3O4S. The van der Waals surface area contributed by atoms with Crippen LogP contribution in [0.3, 0.4) is 0 Å². The van der Waals surface area contributed by atoms with E-state index in [0.717, 1.165) is 11.6 Å². The van der Waals surface area contributed by atoms with Crippen molar-refractivity contribution in [3.8, 4) is 0 Å². The second-order valence-corrected chi connectivity index (χ2v) is 10.4. The molecule has 0 aromatic heterocycles. The molecule has 3 N–H and O–H groups in total. The molecule has 3 rings (SSSR count). The molecule has 2 unspecified atom stereocenters. The fourth-order valence-corrected chi connectivity index (χ4v) is 4.33. The first kappa shape index (κ1) is 25.6. The lowest BCUT2D eigenvalue weighted by Crippen LogP contribution is -2.40. The van der Waals surface area contributed by atoms with Gasteiger partial charge >= 0.3 is 22.2 Å². The number of benzene rings is 2. The summed E-state index contributed by atoms with van der Waals surface area (Å²) in [5, 5.41) is 15.1. The number of urea groups is 1. The number of nitrogens with one attached hydrogen (secondary N) is 2. The number of ether oxygens (including phenoxy) is 1. The Kier molecular flexibility index (Phi) is 6.25. The molecule has 0 aliphatic heterocycles. The topological polar surface area (TPSA) is 90.9 Å². The van der Waals surface area contributed by atoms with Crippen molar-refractivity contribution in [2.24, 2.45) is 0 Å². The summed E-state index contributed by atoms with van der Waals surface area (Å²) in [5.74, 6) is -0.571. The first-order chi connectivity index (χ1) is 15.5. The van der Waals surface area contributed by atoms with Gasteiger partial charge in [-0.15, -0.1) is 0 Å². The second-order valence-electron chi connectivity index (χ2n) is 7.96. The molecule has 2 aromatic carbocycles. The predicted molar refractivity (Wildman–Crippen MR) is 119 cm³/mol. The van der Waals surface area contributed by atoms with Crippen molar-refractivity contribution in [2.75, 3.05) is 30.4 Å². The fraction of sp³-hybridized carbons (Fsp3) is 0.333. The maximum absolute atomic E-state index is 13.4. The van der Waals surface area contributed by atoms with Gasteiger partial charge in [-0.25, -0.2) is 4.79 Å². The van der Waals surface area contributed by atoms with E-state index >= 15 is 0 Å². The standard InChI is InChI=1S/C21H24F5N3O4S/c1-13(30)33-10-9-29(2)19-8-7-15(34(22,23,24,25)26)12-17(19)27-21(32)28-18-11-14-5-3-4-6-16(14)20(18)31/h3-8,12,18,20,31H,9-11H2,1-2H3,(H2,27,28,32). The molecule has 0 bridgehead atoms. The smallest absolute Gasteiger partial charge is 0.319 e. The Morgan fingerprint density at radius 3 is 2.44 bits per heavy atom. The minimum atomic E-state index is -10.0. The third-order valence-electron chi connectivity index (χ3n) is 5.32. The lowest BCUT2D eigenvalue weighted by atomic mass is 10.1. The SMILES string of the molecule is CC(=O)OCCN(C)c1ccc(S(F)(F)(F)(F)F)cc1NC(=O)NC1Cc2ccccc2C1O. The van der Waals surface area contributed by atoms with Crippen LogP contribution in [0.15, 0.2) is 47.4 Å². The molecule has 1 aliphatic carbocycles. The van der Waals surface area contributed by atoms with Crippen molar-refractivity contribution in [2.45, 2.75) is 30.4 Å². The summed E-state index contributed by atoms with van der Waals surface area (Å²) in [6, 6.07) is 6.40. The van der Waals surface area contributed by atoms with Crippen molar-refractivity contribution < 1.29 is 38.9 Å². The third-order valence-corrected chi connectivity index (χ3v) is 6.46. The van der Waals surface area contributed by atoms with E-state index in [1.807, 2.05) is 0 Å². The number of hydrogen-bond donors (Lipinski definition) is 3. The van der Waals surface area contributed by atoms with E-state index in [2.05, 4.69) is 10.6 Å². The van der Waals surface area contributed by atoms with Gasteiger partial charge in [0.15, 0.2) is 0 Å². The van der Waals surface area contributed by atoms with Gasteiger partial charge in [0, 0.05) is 14.0 Å². The van der Waals surface area contributed by atoms with Gasteiger partial charge in [0.1, 0.15) is 11.5 Å².